The van der Waals surface area contributed by atoms with Crippen molar-refractivity contribution in [3.05, 3.63) is 83.6 Å². The van der Waals surface area contributed by atoms with Crippen LogP contribution in [0.1, 0.15) is 31.7 Å². The summed E-state index contributed by atoms with van der Waals surface area (Å²) in [5.41, 5.74) is 8.20. The molecule has 1 saturated carbocycles. The molecule has 0 radical (unpaired) electrons. The first-order chi connectivity index (χ1) is 19.4. The minimum absolute atomic E-state index is 0.178. The van der Waals surface area contributed by atoms with Gasteiger partial charge in [-0.15, -0.1) is 0 Å². The smallest absolute Gasteiger partial charge is 0.252 e. The summed E-state index contributed by atoms with van der Waals surface area (Å²) in [7, 11) is 0. The van der Waals surface area contributed by atoms with Gasteiger partial charge < -0.3 is 15.4 Å². The Morgan fingerprint density at radius 2 is 1.85 bits per heavy atom. The number of fused-ring (bicyclic) bond motifs is 1. The minimum atomic E-state index is -0.801. The molecule has 1 aliphatic heterocycles. The van der Waals surface area contributed by atoms with Crippen molar-refractivity contribution in [1.82, 2.24) is 24.6 Å². The number of nitrogen functional groups attached to an aromatic ring is 1. The number of piperidine rings is 1. The lowest BCUT2D eigenvalue weighted by atomic mass is 10.1. The summed E-state index contributed by atoms with van der Waals surface area (Å²) in [6, 6.07) is 9.95. The molecule has 0 unspecified atom stereocenters. The fraction of sp³-hybridized carbons (Fsp3) is 0.276. The van der Waals surface area contributed by atoms with Crippen LogP contribution in [0.15, 0.2) is 60.6 Å². The summed E-state index contributed by atoms with van der Waals surface area (Å²) in [4.78, 5) is 27.0. The number of anilines is 1. The maximum Gasteiger partial charge on any atom is 0.252 e. The Balaban J connectivity index is 1.30. The van der Waals surface area contributed by atoms with Gasteiger partial charge in [0.25, 0.3) is 5.91 Å². The van der Waals surface area contributed by atoms with Crippen molar-refractivity contribution in [1.29, 1.82) is 0 Å². The third-order valence-electron chi connectivity index (χ3n) is 7.17. The molecule has 2 aromatic heterocycles. The van der Waals surface area contributed by atoms with E-state index in [-0.39, 0.29) is 29.2 Å². The Morgan fingerprint density at radius 3 is 2.55 bits per heavy atom. The first kappa shape index (κ1) is 25.4. The number of carbonyl (C=O) groups excluding carboxylic acids is 1. The topological polar surface area (TPSA) is 104 Å². The molecule has 1 saturated heterocycles. The molecule has 9 nitrogen and oxygen atoms in total. The van der Waals surface area contributed by atoms with Gasteiger partial charge in [-0.05, 0) is 68.0 Å². The average molecular weight is 542 g/mol. The zero-order valence-electron chi connectivity index (χ0n) is 21.4. The highest BCUT2D eigenvalue weighted by molar-refractivity contribution is 5.98. The molecule has 1 amide bonds. The predicted octanol–water partition coefficient (Wildman–Crippen LogP) is 5.52. The van der Waals surface area contributed by atoms with Crippen LogP contribution in [0.4, 0.5) is 14.6 Å². The van der Waals surface area contributed by atoms with Crippen LogP contribution in [0.3, 0.4) is 0 Å². The van der Waals surface area contributed by atoms with Gasteiger partial charge in [0.1, 0.15) is 23.6 Å². The van der Waals surface area contributed by atoms with Crippen molar-refractivity contribution >= 4 is 22.8 Å². The molecule has 40 heavy (non-hydrogen) atoms. The molecule has 1 aliphatic carbocycles. The number of carbonyl (C=O) groups is 1. The second kappa shape index (κ2) is 10.4. The molecule has 4 aromatic rings. The van der Waals surface area contributed by atoms with E-state index in [0.29, 0.717) is 41.3 Å². The summed E-state index contributed by atoms with van der Waals surface area (Å²) >= 11 is 0. The van der Waals surface area contributed by atoms with E-state index in [0.717, 1.165) is 37.8 Å². The highest BCUT2D eigenvalue weighted by Gasteiger charge is 2.31. The van der Waals surface area contributed by atoms with Crippen molar-refractivity contribution in [3.63, 3.8) is 0 Å². The lowest BCUT2D eigenvalue weighted by Gasteiger charge is -2.33. The van der Waals surface area contributed by atoms with Crippen molar-refractivity contribution < 1.29 is 18.3 Å². The number of nitrogens with two attached hydrogens (primary N) is 1. The fourth-order valence-electron chi connectivity index (χ4n) is 4.97. The second-order valence-electron chi connectivity index (χ2n) is 9.98. The van der Waals surface area contributed by atoms with Gasteiger partial charge >= 0.3 is 0 Å². The first-order valence-corrected chi connectivity index (χ1v) is 13.0. The number of hydrogen-bond acceptors (Lipinski definition) is 6. The van der Waals surface area contributed by atoms with E-state index in [1.165, 1.54) is 12.4 Å². The molecular formula is C29H25F2N7O2. The molecule has 6 rings (SSSR count). The van der Waals surface area contributed by atoms with E-state index >= 15 is 0 Å². The Labute approximate surface area is 228 Å². The van der Waals surface area contributed by atoms with Crippen molar-refractivity contribution in [2.75, 3.05) is 18.8 Å². The predicted molar refractivity (Wildman–Crippen MR) is 144 cm³/mol. The van der Waals surface area contributed by atoms with Crippen molar-refractivity contribution in [3.8, 4) is 22.8 Å². The molecule has 11 heteroatoms. The number of allylic oxidation sites excluding steroid dienone is 1. The number of halogens is 2. The molecule has 0 bridgehead atoms. The van der Waals surface area contributed by atoms with E-state index in [2.05, 4.69) is 14.8 Å². The zero-order chi connectivity index (χ0) is 27.8. The monoisotopic (exact) mass is 541 g/mol. The van der Waals surface area contributed by atoms with Crippen LogP contribution in [0.25, 0.3) is 27.1 Å². The van der Waals surface area contributed by atoms with Crippen LogP contribution in [-0.2, 0) is 4.79 Å². The molecule has 2 fully saturated rings. The van der Waals surface area contributed by atoms with Crippen LogP contribution in [0, 0.1) is 24.1 Å². The molecule has 1 atom stereocenters. The third-order valence-corrected chi connectivity index (χ3v) is 7.17. The van der Waals surface area contributed by atoms with Crippen molar-refractivity contribution in [2.24, 2.45) is 5.92 Å². The number of para-hydroxylation sites is 1. The Morgan fingerprint density at radius 1 is 1.10 bits per heavy atom. The van der Waals surface area contributed by atoms with Gasteiger partial charge in [0.05, 0.1) is 18.0 Å². The number of hydrogen-bond donors (Lipinski definition) is 1. The molecule has 2 N–H and O–H groups in total. The Kier molecular flexibility index (Phi) is 6.59. The lowest BCUT2D eigenvalue weighted by Crippen LogP contribution is -2.41. The first-order valence-electron chi connectivity index (χ1n) is 13.0. The summed E-state index contributed by atoms with van der Waals surface area (Å²) in [6.07, 6.45) is 6.73. The molecule has 2 aliphatic rings. The number of likely N-dealkylation sites (tertiary alicyclic amines) is 1. The van der Waals surface area contributed by atoms with E-state index in [1.807, 2.05) is 0 Å². The average Bonchev–Trinajstić information content (AvgIpc) is 3.71. The molecular weight excluding hydrogens is 516 g/mol. The van der Waals surface area contributed by atoms with Gasteiger partial charge in [-0.25, -0.2) is 28.3 Å². The van der Waals surface area contributed by atoms with Gasteiger partial charge in [0.2, 0.25) is 5.70 Å². The van der Waals surface area contributed by atoms with Crippen molar-refractivity contribution in [2.45, 2.75) is 31.7 Å². The molecule has 0 spiro atoms. The molecule has 2 aromatic carbocycles. The van der Waals surface area contributed by atoms with Crippen LogP contribution >= 0.6 is 0 Å². The van der Waals surface area contributed by atoms with Gasteiger partial charge in [-0.2, -0.15) is 5.10 Å². The third kappa shape index (κ3) is 4.84. The standard InChI is InChI=1S/C29H25F2N7O2/c1-33-23(14-17-7-8-17)29(39)37-13-3-4-19(15-37)38-28-24(27(32)34-16-35-28)25(36-38)18-9-11-20(12-10-18)40-26-21(30)5-2-6-22(26)31/h2,5-6,9-12,14,16-17,19H,3-4,7-8,13,15H2,(H2,32,34,35)/t19-/m1/s1. The summed E-state index contributed by atoms with van der Waals surface area (Å²) in [6.45, 7) is 8.44. The highest BCUT2D eigenvalue weighted by atomic mass is 19.1. The SMILES string of the molecule is [C-]#[N+]C(=CC1CC1)C(=O)N1CCC[C@@H](n2nc(-c3ccc(Oc4c(F)cccc4F)cc3)c3c(N)ncnc32)C1. The van der Waals surface area contributed by atoms with Crippen LogP contribution in [-0.4, -0.2) is 43.6 Å². The number of aromatic nitrogens is 4. The van der Waals surface area contributed by atoms with Gasteiger partial charge in [0.15, 0.2) is 23.0 Å². The van der Waals surface area contributed by atoms with Crippen LogP contribution in [0.5, 0.6) is 11.5 Å². The summed E-state index contributed by atoms with van der Waals surface area (Å²) in [5, 5.41) is 5.43. The zero-order valence-corrected chi connectivity index (χ0v) is 21.4. The summed E-state index contributed by atoms with van der Waals surface area (Å²) < 4.78 is 35.3. The number of benzene rings is 2. The quantitative estimate of drug-likeness (QED) is 0.255. The maximum absolute atomic E-state index is 14.0. The van der Waals surface area contributed by atoms with Gasteiger partial charge in [-0.3, -0.25) is 4.79 Å². The maximum atomic E-state index is 14.0. The van der Waals surface area contributed by atoms with E-state index in [1.54, 1.807) is 39.9 Å². The molecule has 202 valence electrons. The second-order valence-corrected chi connectivity index (χ2v) is 9.98. The summed E-state index contributed by atoms with van der Waals surface area (Å²) in [5.74, 6) is -1.50. The number of ether oxygens (including phenoxy) is 1. The normalized spacial score (nSPS) is 17.6. The van der Waals surface area contributed by atoms with Crippen LogP contribution in [0.2, 0.25) is 0 Å². The lowest BCUT2D eigenvalue weighted by molar-refractivity contribution is -0.128. The Bertz CT molecular complexity index is 1650. The number of nitrogens with zero attached hydrogens (tertiary/aromatic N) is 6. The molecule has 3 heterocycles. The Hall–Kier alpha value is -4.85. The van der Waals surface area contributed by atoms with E-state index in [4.69, 9.17) is 22.1 Å². The largest absolute Gasteiger partial charge is 0.451 e. The fourth-order valence-corrected chi connectivity index (χ4v) is 4.97. The number of amides is 1. The van der Waals surface area contributed by atoms with Gasteiger partial charge in [0, 0.05) is 18.7 Å². The minimum Gasteiger partial charge on any atom is -0.451 e. The van der Waals surface area contributed by atoms with Crippen LogP contribution < -0.4 is 10.5 Å². The number of rotatable bonds is 6. The van der Waals surface area contributed by atoms with E-state index < -0.39 is 17.4 Å². The van der Waals surface area contributed by atoms with Gasteiger partial charge in [-0.1, -0.05) is 12.1 Å². The highest BCUT2D eigenvalue weighted by Crippen LogP contribution is 2.36. The van der Waals surface area contributed by atoms with E-state index in [9.17, 15) is 13.6 Å².